The highest BCUT2D eigenvalue weighted by Crippen LogP contribution is 1.93. The third-order valence-corrected chi connectivity index (χ3v) is 1.86. The van der Waals surface area contributed by atoms with Crippen LogP contribution in [-0.2, 0) is 7.05 Å². The number of nitrogens with zero attached hydrogens (tertiary/aromatic N) is 2. The lowest BCUT2D eigenvalue weighted by Crippen LogP contribution is -2.26. The molecule has 0 aromatic carbocycles. The van der Waals surface area contributed by atoms with Crippen LogP contribution in [0.1, 0.15) is 24.0 Å². The fourth-order valence-corrected chi connectivity index (χ4v) is 1.10. The van der Waals surface area contributed by atoms with Gasteiger partial charge in [-0.1, -0.05) is 12.2 Å². The number of carbonyl (C=O) groups excluding carboxylic acids is 1. The number of rotatable bonds is 4. The molecular weight excluding hydrogens is 178 g/mol. The van der Waals surface area contributed by atoms with Crippen molar-refractivity contribution in [2.24, 2.45) is 7.05 Å². The Kier molecular flexibility index (Phi) is 3.91. The van der Waals surface area contributed by atoms with Gasteiger partial charge in [-0.25, -0.2) is 4.98 Å². The molecule has 1 rings (SSSR count). The van der Waals surface area contributed by atoms with Crippen LogP contribution >= 0.6 is 0 Å². The maximum absolute atomic E-state index is 11.5. The van der Waals surface area contributed by atoms with Gasteiger partial charge in [-0.15, -0.1) is 0 Å². The first-order chi connectivity index (χ1) is 6.75. The zero-order chi connectivity index (χ0) is 10.4. The Hall–Kier alpha value is -1.58. The Balaban J connectivity index is 2.40. The number of imidazole rings is 1. The monoisotopic (exact) mass is 193 g/mol. The quantitative estimate of drug-likeness (QED) is 0.575. The lowest BCUT2D eigenvalue weighted by atomic mass is 10.4. The van der Waals surface area contributed by atoms with Crippen LogP contribution in [-0.4, -0.2) is 22.0 Å². The number of allylic oxidation sites excluding steroid dienone is 1. The second kappa shape index (κ2) is 5.21. The van der Waals surface area contributed by atoms with Crippen LogP contribution in [0.2, 0.25) is 0 Å². The summed E-state index contributed by atoms with van der Waals surface area (Å²) < 4.78 is 1.70. The molecule has 0 atom stereocenters. The highest BCUT2D eigenvalue weighted by atomic mass is 16.2. The zero-order valence-electron chi connectivity index (χ0n) is 8.53. The molecular formula is C10H15N3O. The van der Waals surface area contributed by atoms with Gasteiger partial charge in [0.1, 0.15) is 0 Å². The van der Waals surface area contributed by atoms with Crippen LogP contribution in [0.5, 0.6) is 0 Å². The van der Waals surface area contributed by atoms with E-state index in [1.165, 1.54) is 0 Å². The van der Waals surface area contributed by atoms with E-state index in [1.807, 2.05) is 19.1 Å². The fourth-order valence-electron chi connectivity index (χ4n) is 1.10. The average Bonchev–Trinajstić information content (AvgIpc) is 2.59. The first-order valence-electron chi connectivity index (χ1n) is 4.62. The number of carbonyl (C=O) groups is 1. The molecule has 0 saturated heterocycles. The molecule has 4 nitrogen and oxygen atoms in total. The van der Waals surface area contributed by atoms with E-state index in [2.05, 4.69) is 10.3 Å². The van der Waals surface area contributed by atoms with Crippen molar-refractivity contribution in [2.75, 3.05) is 6.54 Å². The van der Waals surface area contributed by atoms with E-state index in [0.717, 1.165) is 6.42 Å². The van der Waals surface area contributed by atoms with Gasteiger partial charge in [0.2, 0.25) is 0 Å². The van der Waals surface area contributed by atoms with E-state index < -0.39 is 0 Å². The SMILES string of the molecule is C/C=C/CCNC(=O)c1nccn1C. The Morgan fingerprint density at radius 1 is 1.71 bits per heavy atom. The molecule has 1 aromatic rings. The topological polar surface area (TPSA) is 46.9 Å². The van der Waals surface area contributed by atoms with Crippen molar-refractivity contribution in [3.63, 3.8) is 0 Å². The second-order valence-electron chi connectivity index (χ2n) is 2.98. The molecule has 0 aliphatic rings. The molecule has 0 saturated carbocycles. The van der Waals surface area contributed by atoms with Crippen molar-refractivity contribution < 1.29 is 4.79 Å². The summed E-state index contributed by atoms with van der Waals surface area (Å²) in [4.78, 5) is 15.4. The first-order valence-corrected chi connectivity index (χ1v) is 4.62. The van der Waals surface area contributed by atoms with Gasteiger partial charge in [-0.2, -0.15) is 0 Å². The Bertz CT molecular complexity index is 328. The molecule has 76 valence electrons. The molecule has 1 N–H and O–H groups in total. The first kappa shape index (κ1) is 10.5. The molecule has 0 fully saturated rings. The van der Waals surface area contributed by atoms with Crippen molar-refractivity contribution in [3.8, 4) is 0 Å². The maximum atomic E-state index is 11.5. The van der Waals surface area contributed by atoms with E-state index >= 15 is 0 Å². The second-order valence-corrected chi connectivity index (χ2v) is 2.98. The lowest BCUT2D eigenvalue weighted by molar-refractivity contribution is 0.0941. The van der Waals surface area contributed by atoms with Crippen LogP contribution < -0.4 is 5.32 Å². The van der Waals surface area contributed by atoms with Crippen molar-refractivity contribution in [2.45, 2.75) is 13.3 Å². The minimum absolute atomic E-state index is 0.123. The van der Waals surface area contributed by atoms with Gasteiger partial charge in [0, 0.05) is 26.0 Å². The predicted octanol–water partition coefficient (Wildman–Crippen LogP) is 1.12. The smallest absolute Gasteiger partial charge is 0.287 e. The van der Waals surface area contributed by atoms with Crippen LogP contribution in [0.15, 0.2) is 24.5 Å². The summed E-state index contributed by atoms with van der Waals surface area (Å²) in [6.07, 6.45) is 8.19. The van der Waals surface area contributed by atoms with Gasteiger partial charge in [0.25, 0.3) is 5.91 Å². The highest BCUT2D eigenvalue weighted by Gasteiger charge is 2.08. The van der Waals surface area contributed by atoms with E-state index in [1.54, 1.807) is 24.0 Å². The normalized spacial score (nSPS) is 10.7. The highest BCUT2D eigenvalue weighted by molar-refractivity contribution is 5.90. The van der Waals surface area contributed by atoms with E-state index in [-0.39, 0.29) is 5.91 Å². The van der Waals surface area contributed by atoms with Crippen LogP contribution in [0.3, 0.4) is 0 Å². The molecule has 0 aliphatic carbocycles. The third kappa shape index (κ3) is 2.73. The van der Waals surface area contributed by atoms with Gasteiger partial charge < -0.3 is 9.88 Å². The minimum atomic E-state index is -0.123. The van der Waals surface area contributed by atoms with Gasteiger partial charge in [0.15, 0.2) is 5.82 Å². The average molecular weight is 193 g/mol. The van der Waals surface area contributed by atoms with E-state index in [0.29, 0.717) is 12.4 Å². The molecule has 0 unspecified atom stereocenters. The van der Waals surface area contributed by atoms with Crippen molar-refractivity contribution >= 4 is 5.91 Å². The summed E-state index contributed by atoms with van der Waals surface area (Å²) >= 11 is 0. The summed E-state index contributed by atoms with van der Waals surface area (Å²) in [6.45, 7) is 2.61. The number of hydrogen-bond acceptors (Lipinski definition) is 2. The van der Waals surface area contributed by atoms with Crippen LogP contribution in [0.4, 0.5) is 0 Å². The Labute approximate surface area is 83.6 Å². The van der Waals surface area contributed by atoms with Crippen molar-refractivity contribution in [3.05, 3.63) is 30.4 Å². The number of nitrogens with one attached hydrogen (secondary N) is 1. The Morgan fingerprint density at radius 2 is 2.50 bits per heavy atom. The van der Waals surface area contributed by atoms with Crippen molar-refractivity contribution in [1.29, 1.82) is 0 Å². The maximum Gasteiger partial charge on any atom is 0.287 e. The minimum Gasteiger partial charge on any atom is -0.349 e. The summed E-state index contributed by atoms with van der Waals surface area (Å²) in [7, 11) is 1.80. The summed E-state index contributed by atoms with van der Waals surface area (Å²) in [5.74, 6) is 0.326. The number of amides is 1. The van der Waals surface area contributed by atoms with Gasteiger partial charge in [-0.3, -0.25) is 4.79 Å². The molecule has 0 spiro atoms. The molecule has 4 heteroatoms. The summed E-state index contributed by atoms with van der Waals surface area (Å²) in [6, 6.07) is 0. The molecule has 0 aliphatic heterocycles. The fraction of sp³-hybridized carbons (Fsp3) is 0.400. The predicted molar refractivity (Wildman–Crippen MR) is 55.0 cm³/mol. The van der Waals surface area contributed by atoms with Crippen molar-refractivity contribution in [1.82, 2.24) is 14.9 Å². The number of hydrogen-bond donors (Lipinski definition) is 1. The lowest BCUT2D eigenvalue weighted by Gasteiger charge is -2.02. The molecule has 1 amide bonds. The molecule has 14 heavy (non-hydrogen) atoms. The Morgan fingerprint density at radius 3 is 3.07 bits per heavy atom. The molecule has 1 aromatic heterocycles. The largest absolute Gasteiger partial charge is 0.349 e. The number of aryl methyl sites for hydroxylation is 1. The molecule has 0 radical (unpaired) electrons. The molecule has 0 bridgehead atoms. The number of aromatic nitrogens is 2. The van der Waals surface area contributed by atoms with Crippen LogP contribution in [0.25, 0.3) is 0 Å². The zero-order valence-corrected chi connectivity index (χ0v) is 8.53. The standard InChI is InChI=1S/C10H15N3O/c1-3-4-5-6-12-10(14)9-11-7-8-13(9)2/h3-4,7-8H,5-6H2,1-2H3,(H,12,14)/b4-3+. The van der Waals surface area contributed by atoms with Crippen LogP contribution in [0, 0.1) is 0 Å². The van der Waals surface area contributed by atoms with Gasteiger partial charge in [0.05, 0.1) is 0 Å². The van der Waals surface area contributed by atoms with Gasteiger partial charge >= 0.3 is 0 Å². The summed E-state index contributed by atoms with van der Waals surface area (Å²) in [5, 5.41) is 2.79. The summed E-state index contributed by atoms with van der Waals surface area (Å²) in [5.41, 5.74) is 0. The van der Waals surface area contributed by atoms with E-state index in [9.17, 15) is 4.79 Å². The van der Waals surface area contributed by atoms with Gasteiger partial charge in [-0.05, 0) is 13.3 Å². The molecule has 1 heterocycles. The third-order valence-electron chi connectivity index (χ3n) is 1.86. The van der Waals surface area contributed by atoms with E-state index in [4.69, 9.17) is 0 Å².